The molecule has 0 heterocycles. The van der Waals surface area contributed by atoms with Crippen molar-refractivity contribution in [2.75, 3.05) is 26.2 Å². The number of hydrogen-bond acceptors (Lipinski definition) is 4. The number of esters is 1. The number of likely N-dealkylation sites (N-methyl/N-ethyl adjacent to an activating group) is 2. The summed E-state index contributed by atoms with van der Waals surface area (Å²) >= 11 is 0. The lowest BCUT2D eigenvalue weighted by Crippen LogP contribution is -2.42. The van der Waals surface area contributed by atoms with Gasteiger partial charge in [0.05, 0.1) is 6.54 Å². The molecule has 0 atom stereocenters. The smallest absolute Gasteiger partial charge is 0.331 e. The first kappa shape index (κ1) is 19.3. The van der Waals surface area contributed by atoms with Gasteiger partial charge in [-0.2, -0.15) is 0 Å². The number of amides is 2. The molecule has 0 bridgehead atoms. The minimum Gasteiger partial charge on any atom is -0.452 e. The summed E-state index contributed by atoms with van der Waals surface area (Å²) in [6.45, 7) is 3.80. The number of halogens is 1. The summed E-state index contributed by atoms with van der Waals surface area (Å²) in [6.07, 6.45) is 2.61. The van der Waals surface area contributed by atoms with Gasteiger partial charge < -0.3 is 15.0 Å². The fourth-order valence-electron chi connectivity index (χ4n) is 1.81. The maximum atomic E-state index is 12.8. The SMILES string of the molecule is CCNC(=O)CN(CC)C(=O)COC(=O)/C=C/c1ccc(F)cc1. The molecule has 1 rings (SSSR count). The Kier molecular flexibility index (Phi) is 8.18. The van der Waals surface area contributed by atoms with Crippen LogP contribution in [-0.4, -0.2) is 48.9 Å². The van der Waals surface area contributed by atoms with Crippen molar-refractivity contribution in [1.82, 2.24) is 10.2 Å². The van der Waals surface area contributed by atoms with Crippen LogP contribution >= 0.6 is 0 Å². The van der Waals surface area contributed by atoms with Crippen LogP contribution in [0.2, 0.25) is 0 Å². The second-order valence-electron chi connectivity index (χ2n) is 4.85. The highest BCUT2D eigenvalue weighted by Crippen LogP contribution is 2.04. The molecule has 0 aliphatic rings. The number of carbonyl (C=O) groups excluding carboxylic acids is 3. The molecule has 1 aromatic rings. The summed E-state index contributed by atoms with van der Waals surface area (Å²) in [5, 5.41) is 2.59. The minimum absolute atomic E-state index is 0.0772. The van der Waals surface area contributed by atoms with Gasteiger partial charge in [0, 0.05) is 19.2 Å². The number of nitrogens with one attached hydrogen (secondary N) is 1. The van der Waals surface area contributed by atoms with E-state index in [0.717, 1.165) is 6.08 Å². The maximum Gasteiger partial charge on any atom is 0.331 e. The molecule has 24 heavy (non-hydrogen) atoms. The van der Waals surface area contributed by atoms with E-state index < -0.39 is 18.5 Å². The van der Waals surface area contributed by atoms with Crippen LogP contribution < -0.4 is 5.32 Å². The van der Waals surface area contributed by atoms with E-state index in [1.807, 2.05) is 0 Å². The molecule has 1 aromatic carbocycles. The van der Waals surface area contributed by atoms with E-state index in [-0.39, 0.29) is 18.3 Å². The van der Waals surface area contributed by atoms with Crippen LogP contribution in [0.4, 0.5) is 4.39 Å². The zero-order valence-corrected chi connectivity index (χ0v) is 13.8. The third kappa shape index (κ3) is 7.04. The monoisotopic (exact) mass is 336 g/mol. The fourth-order valence-corrected chi connectivity index (χ4v) is 1.81. The number of rotatable bonds is 8. The third-order valence-corrected chi connectivity index (χ3v) is 3.06. The van der Waals surface area contributed by atoms with Crippen LogP contribution in [0.5, 0.6) is 0 Å². The van der Waals surface area contributed by atoms with Crippen molar-refractivity contribution in [2.45, 2.75) is 13.8 Å². The van der Waals surface area contributed by atoms with Gasteiger partial charge in [0.1, 0.15) is 5.82 Å². The van der Waals surface area contributed by atoms with Crippen LogP contribution in [0.15, 0.2) is 30.3 Å². The van der Waals surface area contributed by atoms with Gasteiger partial charge in [-0.1, -0.05) is 12.1 Å². The maximum absolute atomic E-state index is 12.8. The average Bonchev–Trinajstić information content (AvgIpc) is 2.57. The Labute approximate surface area is 140 Å². The molecule has 0 aliphatic heterocycles. The number of benzene rings is 1. The lowest BCUT2D eigenvalue weighted by molar-refractivity contribution is -0.148. The zero-order chi connectivity index (χ0) is 17.9. The van der Waals surface area contributed by atoms with Crippen LogP contribution in [0.3, 0.4) is 0 Å². The summed E-state index contributed by atoms with van der Waals surface area (Å²) in [5.74, 6) is -1.78. The van der Waals surface area contributed by atoms with Crippen LogP contribution in [0, 0.1) is 5.82 Å². The second kappa shape index (κ2) is 10.1. The lowest BCUT2D eigenvalue weighted by atomic mass is 10.2. The molecule has 0 aromatic heterocycles. The first-order chi connectivity index (χ1) is 11.5. The highest BCUT2D eigenvalue weighted by atomic mass is 19.1. The molecule has 6 nitrogen and oxygen atoms in total. The first-order valence-corrected chi connectivity index (χ1v) is 7.61. The standard InChI is InChI=1S/C17H21FN2O4/c1-3-19-15(21)11-20(4-2)16(22)12-24-17(23)10-7-13-5-8-14(18)9-6-13/h5-10H,3-4,11-12H2,1-2H3,(H,19,21)/b10-7+. The molecule has 0 saturated carbocycles. The van der Waals surface area contributed by atoms with Crippen molar-refractivity contribution in [2.24, 2.45) is 0 Å². The number of carbonyl (C=O) groups is 3. The summed E-state index contributed by atoms with van der Waals surface area (Å²) in [6, 6.07) is 5.56. The van der Waals surface area contributed by atoms with Gasteiger partial charge in [0.2, 0.25) is 5.91 Å². The largest absolute Gasteiger partial charge is 0.452 e. The van der Waals surface area contributed by atoms with Crippen molar-refractivity contribution in [3.63, 3.8) is 0 Å². The van der Waals surface area contributed by atoms with E-state index in [1.165, 1.54) is 35.2 Å². The fraction of sp³-hybridized carbons (Fsp3) is 0.353. The van der Waals surface area contributed by atoms with E-state index in [1.54, 1.807) is 13.8 Å². The van der Waals surface area contributed by atoms with E-state index in [2.05, 4.69) is 5.32 Å². The molecule has 130 valence electrons. The van der Waals surface area contributed by atoms with Crippen molar-refractivity contribution in [1.29, 1.82) is 0 Å². The van der Waals surface area contributed by atoms with Gasteiger partial charge in [-0.3, -0.25) is 9.59 Å². The van der Waals surface area contributed by atoms with E-state index >= 15 is 0 Å². The molecule has 2 amide bonds. The molecule has 0 radical (unpaired) electrons. The highest BCUT2D eigenvalue weighted by Gasteiger charge is 2.16. The Morgan fingerprint density at radius 1 is 1.21 bits per heavy atom. The topological polar surface area (TPSA) is 75.7 Å². The predicted octanol–water partition coefficient (Wildman–Crippen LogP) is 1.37. The van der Waals surface area contributed by atoms with Gasteiger partial charge in [-0.25, -0.2) is 9.18 Å². The average molecular weight is 336 g/mol. The Morgan fingerprint density at radius 3 is 2.46 bits per heavy atom. The molecule has 7 heteroatoms. The second-order valence-corrected chi connectivity index (χ2v) is 4.85. The van der Waals surface area contributed by atoms with Crippen LogP contribution in [0.1, 0.15) is 19.4 Å². The van der Waals surface area contributed by atoms with Crippen LogP contribution in [-0.2, 0) is 19.1 Å². The minimum atomic E-state index is -0.693. The lowest BCUT2D eigenvalue weighted by Gasteiger charge is -2.19. The highest BCUT2D eigenvalue weighted by molar-refractivity contribution is 5.90. The molecule has 1 N–H and O–H groups in total. The molecule has 0 unspecified atom stereocenters. The first-order valence-electron chi connectivity index (χ1n) is 7.61. The summed E-state index contributed by atoms with van der Waals surface area (Å²) in [5.41, 5.74) is 0.631. The van der Waals surface area contributed by atoms with Crippen LogP contribution in [0.25, 0.3) is 6.08 Å². The number of ether oxygens (including phenoxy) is 1. The van der Waals surface area contributed by atoms with Gasteiger partial charge >= 0.3 is 5.97 Å². The Balaban J connectivity index is 2.45. The molecule has 0 aliphatic carbocycles. The molecule has 0 spiro atoms. The van der Waals surface area contributed by atoms with E-state index in [0.29, 0.717) is 18.7 Å². The summed E-state index contributed by atoms with van der Waals surface area (Å²) in [4.78, 5) is 36.3. The quantitative estimate of drug-likeness (QED) is 0.575. The normalized spacial score (nSPS) is 10.5. The van der Waals surface area contributed by atoms with Crippen molar-refractivity contribution < 1.29 is 23.5 Å². The zero-order valence-electron chi connectivity index (χ0n) is 13.8. The number of nitrogens with zero attached hydrogens (tertiary/aromatic N) is 1. The van der Waals surface area contributed by atoms with Gasteiger partial charge in [0.15, 0.2) is 6.61 Å². The molecule has 0 saturated heterocycles. The van der Waals surface area contributed by atoms with Crippen molar-refractivity contribution >= 4 is 23.9 Å². The third-order valence-electron chi connectivity index (χ3n) is 3.06. The molecular weight excluding hydrogens is 315 g/mol. The van der Waals surface area contributed by atoms with Gasteiger partial charge in [-0.15, -0.1) is 0 Å². The predicted molar refractivity (Wildman–Crippen MR) is 87.3 cm³/mol. The summed E-state index contributed by atoms with van der Waals surface area (Å²) < 4.78 is 17.6. The van der Waals surface area contributed by atoms with Crippen molar-refractivity contribution in [3.8, 4) is 0 Å². The van der Waals surface area contributed by atoms with E-state index in [4.69, 9.17) is 4.74 Å². The van der Waals surface area contributed by atoms with Crippen molar-refractivity contribution in [3.05, 3.63) is 41.7 Å². The molecule has 0 fully saturated rings. The Bertz CT molecular complexity index is 599. The number of hydrogen-bond donors (Lipinski definition) is 1. The molecular formula is C17H21FN2O4. The Morgan fingerprint density at radius 2 is 1.88 bits per heavy atom. The van der Waals surface area contributed by atoms with E-state index in [9.17, 15) is 18.8 Å². The summed E-state index contributed by atoms with van der Waals surface area (Å²) in [7, 11) is 0. The van der Waals surface area contributed by atoms with Gasteiger partial charge in [0.25, 0.3) is 5.91 Å². The van der Waals surface area contributed by atoms with Gasteiger partial charge in [-0.05, 0) is 37.6 Å². The Hall–Kier alpha value is -2.70.